The van der Waals surface area contributed by atoms with E-state index >= 15 is 0 Å². The number of nitrogens with one attached hydrogen (secondary N) is 1. The number of halogens is 1. The largest absolute Gasteiger partial charge is 0.454 e. The molecule has 6 nitrogen and oxygen atoms in total. The van der Waals surface area contributed by atoms with Crippen molar-refractivity contribution in [2.24, 2.45) is 5.92 Å². The second kappa shape index (κ2) is 7.74. The van der Waals surface area contributed by atoms with Crippen molar-refractivity contribution < 1.29 is 18.7 Å². The van der Waals surface area contributed by atoms with Crippen LogP contribution < -0.4 is 0 Å². The monoisotopic (exact) mass is 355 g/mol. The maximum absolute atomic E-state index is 13.1. The van der Waals surface area contributed by atoms with Gasteiger partial charge >= 0.3 is 5.97 Å². The van der Waals surface area contributed by atoms with Crippen molar-refractivity contribution in [1.29, 1.82) is 10.7 Å². The highest BCUT2D eigenvalue weighted by molar-refractivity contribution is 6.06. The van der Waals surface area contributed by atoms with Crippen LogP contribution in [0.3, 0.4) is 0 Å². The molecular weight excluding hydrogens is 337 g/mol. The minimum Gasteiger partial charge on any atom is -0.454 e. The number of Topliss-reactive ketones (excluding diaryl/α,β-unsaturated/α-hetero) is 1. The van der Waals surface area contributed by atoms with E-state index < -0.39 is 24.3 Å². The molecule has 1 atom stereocenters. The van der Waals surface area contributed by atoms with Gasteiger partial charge in [0.15, 0.2) is 12.4 Å². The van der Waals surface area contributed by atoms with Crippen LogP contribution in [0.1, 0.15) is 28.7 Å². The van der Waals surface area contributed by atoms with Gasteiger partial charge in [0.1, 0.15) is 11.7 Å². The van der Waals surface area contributed by atoms with E-state index in [0.29, 0.717) is 11.4 Å². The van der Waals surface area contributed by atoms with Crippen LogP contribution in [0.5, 0.6) is 0 Å². The first kappa shape index (κ1) is 19.1. The van der Waals surface area contributed by atoms with E-state index in [0.717, 1.165) is 5.69 Å². The average Bonchev–Trinajstić information content (AvgIpc) is 2.88. The molecule has 2 rings (SSSR count). The Morgan fingerprint density at radius 1 is 1.31 bits per heavy atom. The summed E-state index contributed by atoms with van der Waals surface area (Å²) in [5, 5.41) is 16.3. The number of aryl methyl sites for hydroxylation is 1. The molecule has 1 N–H and O–H groups in total. The van der Waals surface area contributed by atoms with Gasteiger partial charge in [-0.3, -0.25) is 4.79 Å². The molecule has 2 aromatic rings. The number of benzene rings is 1. The SMILES string of the molecule is CC(=N)[C@@H](C#N)C(=O)COC(=O)c1cc(C)n(-c2ccc(F)cc2)c1C. The summed E-state index contributed by atoms with van der Waals surface area (Å²) in [6.07, 6.45) is 0. The topological polar surface area (TPSA) is 95.9 Å². The lowest BCUT2D eigenvalue weighted by molar-refractivity contribution is -0.122. The highest BCUT2D eigenvalue weighted by atomic mass is 19.1. The lowest BCUT2D eigenvalue weighted by Crippen LogP contribution is -2.25. The number of nitrogens with zero attached hydrogens (tertiary/aromatic N) is 2. The Balaban J connectivity index is 2.19. The van der Waals surface area contributed by atoms with Crippen LogP contribution in [0.25, 0.3) is 5.69 Å². The summed E-state index contributed by atoms with van der Waals surface area (Å²) in [4.78, 5) is 24.2. The van der Waals surface area contributed by atoms with E-state index in [9.17, 15) is 14.0 Å². The first-order valence-corrected chi connectivity index (χ1v) is 7.85. The number of hydrogen-bond acceptors (Lipinski definition) is 5. The maximum atomic E-state index is 13.1. The van der Waals surface area contributed by atoms with Crippen LogP contribution in [0.2, 0.25) is 0 Å². The Bertz CT molecular complexity index is 907. The zero-order valence-corrected chi connectivity index (χ0v) is 14.7. The summed E-state index contributed by atoms with van der Waals surface area (Å²) in [7, 11) is 0. The van der Waals surface area contributed by atoms with Crippen molar-refractivity contribution in [3.05, 3.63) is 53.1 Å². The average molecular weight is 355 g/mol. The van der Waals surface area contributed by atoms with Crippen molar-refractivity contribution in [3.8, 4) is 11.8 Å². The molecule has 0 spiro atoms. The molecule has 0 aliphatic heterocycles. The van der Waals surface area contributed by atoms with Gasteiger partial charge in [0.05, 0.1) is 11.6 Å². The second-order valence-corrected chi connectivity index (χ2v) is 5.88. The molecule has 0 aliphatic carbocycles. The first-order chi connectivity index (χ1) is 12.3. The number of hydrogen-bond donors (Lipinski definition) is 1. The summed E-state index contributed by atoms with van der Waals surface area (Å²) >= 11 is 0. The van der Waals surface area contributed by atoms with Crippen LogP contribution in [-0.2, 0) is 9.53 Å². The number of carbonyl (C=O) groups is 2. The number of esters is 1. The van der Waals surface area contributed by atoms with Gasteiger partial charge in [-0.2, -0.15) is 5.26 Å². The molecule has 134 valence electrons. The number of aromatic nitrogens is 1. The van der Waals surface area contributed by atoms with Crippen LogP contribution >= 0.6 is 0 Å². The maximum Gasteiger partial charge on any atom is 0.340 e. The van der Waals surface area contributed by atoms with Crippen molar-refractivity contribution in [3.63, 3.8) is 0 Å². The number of carbonyl (C=O) groups excluding carboxylic acids is 2. The minimum atomic E-state index is -1.21. The Morgan fingerprint density at radius 3 is 2.46 bits per heavy atom. The molecule has 0 amide bonds. The van der Waals surface area contributed by atoms with Crippen molar-refractivity contribution in [2.45, 2.75) is 20.8 Å². The lowest BCUT2D eigenvalue weighted by atomic mass is 10.0. The quantitative estimate of drug-likeness (QED) is 0.636. The van der Waals surface area contributed by atoms with E-state index in [1.807, 2.05) is 0 Å². The van der Waals surface area contributed by atoms with Gasteiger partial charge in [-0.15, -0.1) is 0 Å². The third-order valence-electron chi connectivity index (χ3n) is 3.97. The number of rotatable bonds is 6. The molecule has 0 bridgehead atoms. The summed E-state index contributed by atoms with van der Waals surface area (Å²) in [6.45, 7) is 4.29. The van der Waals surface area contributed by atoms with Gasteiger partial charge in [0.25, 0.3) is 0 Å². The highest BCUT2D eigenvalue weighted by Gasteiger charge is 2.23. The Kier molecular flexibility index (Phi) is 5.68. The third-order valence-corrected chi connectivity index (χ3v) is 3.97. The van der Waals surface area contributed by atoms with Crippen molar-refractivity contribution in [1.82, 2.24) is 4.57 Å². The van der Waals surface area contributed by atoms with Gasteiger partial charge in [-0.1, -0.05) is 0 Å². The van der Waals surface area contributed by atoms with E-state index in [4.69, 9.17) is 15.4 Å². The molecule has 0 aliphatic rings. The molecule has 0 unspecified atom stereocenters. The predicted octanol–water partition coefficient (Wildman–Crippen LogP) is 3.14. The van der Waals surface area contributed by atoms with Crippen LogP contribution in [-0.4, -0.2) is 28.6 Å². The zero-order valence-electron chi connectivity index (χ0n) is 14.7. The molecule has 7 heteroatoms. The van der Waals surface area contributed by atoms with E-state index in [-0.39, 0.29) is 17.1 Å². The smallest absolute Gasteiger partial charge is 0.340 e. The predicted molar refractivity (Wildman–Crippen MR) is 93.0 cm³/mol. The van der Waals surface area contributed by atoms with Crippen LogP contribution in [0.15, 0.2) is 30.3 Å². The number of nitriles is 1. The molecular formula is C19H18FN3O3. The molecule has 0 fully saturated rings. The standard InChI is InChI=1S/C19H18FN3O3/c1-11-8-16(13(3)23(11)15-6-4-14(20)5-7-15)19(25)26-10-18(24)17(9-21)12(2)22/h4-8,17,22H,10H2,1-3H3/t17-/m1/s1. The first-order valence-electron chi connectivity index (χ1n) is 7.85. The summed E-state index contributed by atoms with van der Waals surface area (Å²) in [5.41, 5.74) is 2.22. The van der Waals surface area contributed by atoms with Crippen molar-refractivity contribution >= 4 is 17.5 Å². The minimum absolute atomic E-state index is 0.0944. The molecule has 0 saturated carbocycles. The zero-order chi connectivity index (χ0) is 19.4. The van der Waals surface area contributed by atoms with Crippen LogP contribution in [0.4, 0.5) is 4.39 Å². The van der Waals surface area contributed by atoms with Gasteiger partial charge in [-0.05, 0) is 51.1 Å². The molecule has 0 saturated heterocycles. The van der Waals surface area contributed by atoms with Gasteiger partial charge in [0.2, 0.25) is 0 Å². The fraction of sp³-hybridized carbons (Fsp3) is 0.263. The van der Waals surface area contributed by atoms with Gasteiger partial charge in [-0.25, -0.2) is 9.18 Å². The Labute approximate surface area is 150 Å². The molecule has 1 aromatic heterocycles. The summed E-state index contributed by atoms with van der Waals surface area (Å²) < 4.78 is 19.9. The Hall–Kier alpha value is -3.27. The van der Waals surface area contributed by atoms with E-state index in [2.05, 4.69) is 0 Å². The molecule has 26 heavy (non-hydrogen) atoms. The fourth-order valence-corrected chi connectivity index (χ4v) is 2.67. The summed E-state index contributed by atoms with van der Waals surface area (Å²) in [6, 6.07) is 9.18. The molecule has 1 aromatic carbocycles. The normalized spacial score (nSPS) is 11.5. The third kappa shape index (κ3) is 3.86. The van der Waals surface area contributed by atoms with Gasteiger partial charge < -0.3 is 14.7 Å². The van der Waals surface area contributed by atoms with Crippen molar-refractivity contribution in [2.75, 3.05) is 6.61 Å². The Morgan fingerprint density at radius 2 is 1.92 bits per heavy atom. The number of ether oxygens (including phenoxy) is 1. The lowest BCUT2D eigenvalue weighted by Gasteiger charge is -2.10. The molecule has 0 radical (unpaired) electrons. The highest BCUT2D eigenvalue weighted by Crippen LogP contribution is 2.22. The fourth-order valence-electron chi connectivity index (χ4n) is 2.67. The van der Waals surface area contributed by atoms with E-state index in [1.165, 1.54) is 19.1 Å². The molecule has 1 heterocycles. The summed E-state index contributed by atoms with van der Waals surface area (Å²) in [5.74, 6) is -2.91. The second-order valence-electron chi connectivity index (χ2n) is 5.88. The van der Waals surface area contributed by atoms with Gasteiger partial charge in [0, 0.05) is 22.8 Å². The number of ketones is 1. The van der Waals surface area contributed by atoms with Crippen LogP contribution in [0, 0.1) is 42.3 Å². The van der Waals surface area contributed by atoms with E-state index in [1.54, 1.807) is 42.7 Å².